The van der Waals surface area contributed by atoms with Gasteiger partial charge in [0.1, 0.15) is 5.57 Å². The van der Waals surface area contributed by atoms with Gasteiger partial charge in [-0.25, -0.2) is 4.79 Å². The quantitative estimate of drug-likeness (QED) is 0.398. The van der Waals surface area contributed by atoms with Gasteiger partial charge in [0.25, 0.3) is 11.8 Å². The smallest absolute Gasteiger partial charge is 0.268 e. The minimum Gasteiger partial charge on any atom is -0.268 e. The molecule has 0 aromatic heterocycles. The van der Waals surface area contributed by atoms with Crippen molar-refractivity contribution in [3.8, 4) is 0 Å². The summed E-state index contributed by atoms with van der Waals surface area (Å²) in [6, 6.07) is 26.4. The van der Waals surface area contributed by atoms with Gasteiger partial charge in [-0.1, -0.05) is 90.5 Å². The van der Waals surface area contributed by atoms with E-state index < -0.39 is 17.8 Å². The second-order valence-corrected chi connectivity index (χ2v) is 8.14. The minimum atomic E-state index is -0.557. The van der Waals surface area contributed by atoms with Crippen LogP contribution in [0, 0.1) is 6.92 Å². The molecule has 4 amide bonds. The highest BCUT2D eigenvalue weighted by atomic mass is 16.2. The van der Waals surface area contributed by atoms with Crippen LogP contribution in [-0.2, 0) is 22.4 Å². The van der Waals surface area contributed by atoms with E-state index in [1.807, 2.05) is 91.9 Å². The minimum absolute atomic E-state index is 0.0135. The first-order valence-electron chi connectivity index (χ1n) is 11.1. The Kier molecular flexibility index (Phi) is 6.79. The average molecular weight is 439 g/mol. The van der Waals surface area contributed by atoms with Gasteiger partial charge in [0.15, 0.2) is 0 Å². The van der Waals surface area contributed by atoms with Gasteiger partial charge in [-0.05, 0) is 42.5 Å². The van der Waals surface area contributed by atoms with Crippen LogP contribution in [0.15, 0.2) is 90.5 Å². The van der Waals surface area contributed by atoms with E-state index in [9.17, 15) is 14.4 Å². The average Bonchev–Trinajstić information content (AvgIpc) is 2.84. The SMILES string of the molecule is Cc1ccc(C=C2C(=O)N(CCc3ccccc3)C(=O)N(CCc3ccccc3)C2=O)cc1. The molecule has 1 aliphatic rings. The first-order valence-corrected chi connectivity index (χ1v) is 11.1. The molecule has 0 atom stereocenters. The van der Waals surface area contributed by atoms with E-state index in [2.05, 4.69) is 0 Å². The molecule has 5 heteroatoms. The maximum absolute atomic E-state index is 13.2. The predicted molar refractivity (Wildman–Crippen MR) is 128 cm³/mol. The standard InChI is InChI=1S/C28H26N2O3/c1-21-12-14-24(15-13-21)20-25-26(31)29(18-16-22-8-4-2-5-9-22)28(33)30(27(25)32)19-17-23-10-6-3-7-11-23/h2-15,20H,16-19H2,1H3. The maximum Gasteiger partial charge on any atom is 0.333 e. The van der Waals surface area contributed by atoms with Crippen molar-refractivity contribution in [2.75, 3.05) is 13.1 Å². The van der Waals surface area contributed by atoms with Gasteiger partial charge in [0, 0.05) is 13.1 Å². The van der Waals surface area contributed by atoms with Crippen LogP contribution in [0.4, 0.5) is 4.79 Å². The number of amides is 4. The fourth-order valence-corrected chi connectivity index (χ4v) is 3.82. The Morgan fingerprint density at radius 2 is 1.09 bits per heavy atom. The molecule has 0 spiro atoms. The molecule has 3 aromatic carbocycles. The number of rotatable bonds is 7. The summed E-state index contributed by atoms with van der Waals surface area (Å²) in [4.78, 5) is 42.1. The molecule has 1 fully saturated rings. The van der Waals surface area contributed by atoms with Crippen LogP contribution >= 0.6 is 0 Å². The Morgan fingerprint density at radius 1 is 0.636 bits per heavy atom. The van der Waals surface area contributed by atoms with Crippen LogP contribution in [0.5, 0.6) is 0 Å². The lowest BCUT2D eigenvalue weighted by atomic mass is 10.0. The topological polar surface area (TPSA) is 57.7 Å². The van der Waals surface area contributed by atoms with Crippen molar-refractivity contribution in [2.24, 2.45) is 0 Å². The van der Waals surface area contributed by atoms with Crippen molar-refractivity contribution in [3.05, 3.63) is 113 Å². The lowest BCUT2D eigenvalue weighted by molar-refractivity contribution is -0.135. The van der Waals surface area contributed by atoms with Gasteiger partial charge in [-0.2, -0.15) is 0 Å². The Bertz CT molecular complexity index is 1100. The summed E-state index contributed by atoms with van der Waals surface area (Å²) in [5.74, 6) is -1.09. The summed E-state index contributed by atoms with van der Waals surface area (Å²) in [5.41, 5.74) is 3.89. The van der Waals surface area contributed by atoms with Crippen LogP contribution < -0.4 is 0 Å². The molecule has 1 saturated heterocycles. The Balaban J connectivity index is 1.61. The third-order valence-corrected chi connectivity index (χ3v) is 5.74. The zero-order valence-corrected chi connectivity index (χ0v) is 18.6. The third kappa shape index (κ3) is 5.26. The van der Waals surface area contributed by atoms with Crippen LogP contribution in [0.25, 0.3) is 6.08 Å². The predicted octanol–water partition coefficient (Wildman–Crippen LogP) is 4.65. The number of benzene rings is 3. The normalized spacial score (nSPS) is 14.1. The van der Waals surface area contributed by atoms with Gasteiger partial charge in [0.2, 0.25) is 0 Å². The fraction of sp³-hybridized carbons (Fsp3) is 0.179. The maximum atomic E-state index is 13.2. The second kappa shape index (κ2) is 10.1. The van der Waals surface area contributed by atoms with Crippen LogP contribution in [0.3, 0.4) is 0 Å². The van der Waals surface area contributed by atoms with Crippen LogP contribution in [0.1, 0.15) is 22.3 Å². The molecule has 33 heavy (non-hydrogen) atoms. The number of aryl methyl sites for hydroxylation is 1. The zero-order valence-electron chi connectivity index (χ0n) is 18.6. The third-order valence-electron chi connectivity index (χ3n) is 5.74. The summed E-state index contributed by atoms with van der Waals surface area (Å²) < 4.78 is 0. The van der Waals surface area contributed by atoms with Crippen molar-refractivity contribution in [3.63, 3.8) is 0 Å². The van der Waals surface area contributed by atoms with Gasteiger partial charge >= 0.3 is 6.03 Å². The second-order valence-electron chi connectivity index (χ2n) is 8.14. The highest BCUT2D eigenvalue weighted by Crippen LogP contribution is 2.21. The number of carbonyl (C=O) groups excluding carboxylic acids is 3. The van der Waals surface area contributed by atoms with E-state index >= 15 is 0 Å². The molecule has 0 N–H and O–H groups in total. The largest absolute Gasteiger partial charge is 0.333 e. The van der Waals surface area contributed by atoms with E-state index in [1.54, 1.807) is 6.08 Å². The molecule has 4 rings (SSSR count). The summed E-state index contributed by atoms with van der Waals surface area (Å²) in [6.07, 6.45) is 2.63. The molecule has 0 unspecified atom stereocenters. The number of hydrogen-bond acceptors (Lipinski definition) is 3. The molecule has 0 bridgehead atoms. The van der Waals surface area contributed by atoms with E-state index in [0.29, 0.717) is 12.8 Å². The molecule has 1 heterocycles. The molecular weight excluding hydrogens is 412 g/mol. The summed E-state index contributed by atoms with van der Waals surface area (Å²) in [6.45, 7) is 2.40. The molecular formula is C28H26N2O3. The molecule has 0 radical (unpaired) electrons. The van der Waals surface area contributed by atoms with E-state index in [4.69, 9.17) is 0 Å². The monoisotopic (exact) mass is 438 g/mol. The molecule has 3 aromatic rings. The van der Waals surface area contributed by atoms with Crippen molar-refractivity contribution in [2.45, 2.75) is 19.8 Å². The molecule has 1 aliphatic heterocycles. The summed E-state index contributed by atoms with van der Waals surface area (Å²) in [5, 5.41) is 0. The lowest BCUT2D eigenvalue weighted by Gasteiger charge is -2.34. The van der Waals surface area contributed by atoms with Gasteiger partial charge in [0.05, 0.1) is 0 Å². The molecule has 5 nitrogen and oxygen atoms in total. The van der Waals surface area contributed by atoms with Gasteiger partial charge in [-0.15, -0.1) is 0 Å². The number of carbonyl (C=O) groups is 3. The first-order chi connectivity index (χ1) is 16.0. The van der Waals surface area contributed by atoms with Crippen molar-refractivity contribution in [1.29, 1.82) is 0 Å². The fourth-order valence-electron chi connectivity index (χ4n) is 3.82. The lowest BCUT2D eigenvalue weighted by Crippen LogP contribution is -2.57. The number of barbiturate groups is 1. The van der Waals surface area contributed by atoms with E-state index in [1.165, 1.54) is 9.80 Å². The van der Waals surface area contributed by atoms with Crippen molar-refractivity contribution >= 4 is 23.9 Å². The van der Waals surface area contributed by atoms with Crippen molar-refractivity contribution < 1.29 is 14.4 Å². The highest BCUT2D eigenvalue weighted by Gasteiger charge is 2.41. The van der Waals surface area contributed by atoms with E-state index in [0.717, 1.165) is 22.3 Å². The van der Waals surface area contributed by atoms with Gasteiger partial charge in [-0.3, -0.25) is 19.4 Å². The zero-order chi connectivity index (χ0) is 23.2. The summed E-state index contributed by atoms with van der Waals surface area (Å²) in [7, 11) is 0. The van der Waals surface area contributed by atoms with E-state index in [-0.39, 0.29) is 18.7 Å². The highest BCUT2D eigenvalue weighted by molar-refractivity contribution is 6.30. The molecule has 0 saturated carbocycles. The number of hydrogen-bond donors (Lipinski definition) is 0. The number of urea groups is 1. The van der Waals surface area contributed by atoms with Crippen molar-refractivity contribution in [1.82, 2.24) is 9.80 Å². The van der Waals surface area contributed by atoms with Crippen LogP contribution in [-0.4, -0.2) is 40.7 Å². The van der Waals surface area contributed by atoms with Crippen LogP contribution in [0.2, 0.25) is 0 Å². The number of imide groups is 2. The first kappa shape index (κ1) is 22.2. The molecule has 166 valence electrons. The Morgan fingerprint density at radius 3 is 1.55 bits per heavy atom. The summed E-state index contributed by atoms with van der Waals surface area (Å²) >= 11 is 0. The number of nitrogens with zero attached hydrogens (tertiary/aromatic N) is 2. The molecule has 0 aliphatic carbocycles. The Labute approximate surface area is 194 Å². The Hall–Kier alpha value is -3.99. The van der Waals surface area contributed by atoms with Gasteiger partial charge < -0.3 is 0 Å².